The zero-order chi connectivity index (χ0) is 20.1. The van der Waals surface area contributed by atoms with Crippen LogP contribution < -0.4 is 4.18 Å². The molecule has 1 N–H and O–H groups in total. The third kappa shape index (κ3) is 3.18. The van der Waals surface area contributed by atoms with Crippen LogP contribution in [0.2, 0.25) is 5.02 Å². The van der Waals surface area contributed by atoms with Crippen molar-refractivity contribution < 1.29 is 25.8 Å². The van der Waals surface area contributed by atoms with Gasteiger partial charge in [-0.05, 0) is 35.0 Å². The smallest absolute Gasteiger partial charge is 0.375 e. The number of fused-ring (bicyclic) bond motifs is 2. The standard InChI is InChI=1S/C19H11ClF3NO3S/c20-13-7-5-12-9-16(24-15(12)10-13)18-14-4-2-1-3-11(14)6-8-17(18)27-28(25,26)19(21,22)23/h1-10,24H. The minimum atomic E-state index is -5.82. The van der Waals surface area contributed by atoms with Gasteiger partial charge in [-0.1, -0.05) is 48.0 Å². The van der Waals surface area contributed by atoms with E-state index >= 15 is 0 Å². The summed E-state index contributed by atoms with van der Waals surface area (Å²) in [6.45, 7) is 0. The van der Waals surface area contributed by atoms with Crippen LogP contribution in [0.15, 0.2) is 60.7 Å². The number of aromatic nitrogens is 1. The number of alkyl halides is 3. The molecule has 0 atom stereocenters. The monoisotopic (exact) mass is 425 g/mol. The van der Waals surface area contributed by atoms with Crippen LogP contribution in [0.3, 0.4) is 0 Å². The predicted octanol–water partition coefficient (Wildman–Crippen LogP) is 5.87. The summed E-state index contributed by atoms with van der Waals surface area (Å²) < 4.78 is 66.2. The molecule has 0 spiro atoms. The number of rotatable bonds is 3. The van der Waals surface area contributed by atoms with E-state index in [1.165, 1.54) is 12.1 Å². The largest absolute Gasteiger partial charge is 0.534 e. The Morgan fingerprint density at radius 1 is 0.929 bits per heavy atom. The Kier molecular flexibility index (Phi) is 4.28. The second-order valence-corrected chi connectivity index (χ2v) is 8.03. The second kappa shape index (κ2) is 6.42. The first kappa shape index (κ1) is 18.6. The molecule has 0 aliphatic rings. The highest BCUT2D eigenvalue weighted by molar-refractivity contribution is 7.88. The summed E-state index contributed by atoms with van der Waals surface area (Å²) >= 11 is 5.99. The molecule has 0 fully saturated rings. The fourth-order valence-corrected chi connectivity index (χ4v) is 3.64. The third-order valence-corrected chi connectivity index (χ3v) is 5.43. The molecule has 3 aromatic carbocycles. The summed E-state index contributed by atoms with van der Waals surface area (Å²) in [5.41, 5.74) is -4.27. The van der Waals surface area contributed by atoms with Gasteiger partial charge in [0, 0.05) is 21.5 Å². The Morgan fingerprint density at radius 2 is 1.64 bits per heavy atom. The Hall–Kier alpha value is -2.71. The quantitative estimate of drug-likeness (QED) is 0.330. The number of nitrogens with one attached hydrogen (secondary N) is 1. The first-order valence-electron chi connectivity index (χ1n) is 7.97. The van der Waals surface area contributed by atoms with E-state index in [0.29, 0.717) is 27.0 Å². The molecule has 0 saturated heterocycles. The zero-order valence-corrected chi connectivity index (χ0v) is 15.5. The SMILES string of the molecule is O=S(=O)(Oc1ccc2ccccc2c1-c1cc2ccc(Cl)cc2[nH]1)C(F)(F)F. The van der Waals surface area contributed by atoms with Crippen molar-refractivity contribution >= 4 is 43.4 Å². The molecule has 0 bridgehead atoms. The maximum atomic E-state index is 12.8. The Labute approximate surface area is 162 Å². The summed E-state index contributed by atoms with van der Waals surface area (Å²) in [6.07, 6.45) is 0. The van der Waals surface area contributed by atoms with Crippen LogP contribution >= 0.6 is 11.6 Å². The number of hydrogen-bond acceptors (Lipinski definition) is 3. The summed E-state index contributed by atoms with van der Waals surface area (Å²) in [7, 11) is -5.82. The lowest BCUT2D eigenvalue weighted by Crippen LogP contribution is -2.28. The minimum absolute atomic E-state index is 0.207. The number of aromatic amines is 1. The number of H-pyrrole nitrogens is 1. The van der Waals surface area contributed by atoms with Gasteiger partial charge in [-0.25, -0.2) is 0 Å². The predicted molar refractivity (Wildman–Crippen MR) is 102 cm³/mol. The summed E-state index contributed by atoms with van der Waals surface area (Å²) in [4.78, 5) is 3.07. The lowest BCUT2D eigenvalue weighted by molar-refractivity contribution is -0.0499. The van der Waals surface area contributed by atoms with Gasteiger partial charge in [0.05, 0.1) is 5.69 Å². The van der Waals surface area contributed by atoms with Gasteiger partial charge in [0.2, 0.25) is 0 Å². The third-order valence-electron chi connectivity index (χ3n) is 4.23. The van der Waals surface area contributed by atoms with Gasteiger partial charge < -0.3 is 9.17 Å². The molecule has 0 aliphatic heterocycles. The van der Waals surface area contributed by atoms with Crippen LogP contribution in [0.1, 0.15) is 0 Å². The van der Waals surface area contributed by atoms with Gasteiger partial charge in [-0.15, -0.1) is 0 Å². The lowest BCUT2D eigenvalue weighted by atomic mass is 10.0. The molecular weight excluding hydrogens is 415 g/mol. The van der Waals surface area contributed by atoms with Gasteiger partial charge in [-0.2, -0.15) is 21.6 Å². The van der Waals surface area contributed by atoms with Gasteiger partial charge in [-0.3, -0.25) is 0 Å². The zero-order valence-electron chi connectivity index (χ0n) is 13.9. The topological polar surface area (TPSA) is 59.2 Å². The second-order valence-electron chi connectivity index (χ2n) is 6.06. The first-order chi connectivity index (χ1) is 13.2. The van der Waals surface area contributed by atoms with Gasteiger partial charge in [0.25, 0.3) is 0 Å². The molecule has 0 unspecified atom stereocenters. The van der Waals surface area contributed by atoms with E-state index in [1.54, 1.807) is 48.5 Å². The van der Waals surface area contributed by atoms with Gasteiger partial charge >= 0.3 is 15.6 Å². The molecule has 1 aromatic heterocycles. The molecule has 4 rings (SSSR count). The van der Waals surface area contributed by atoms with Crippen molar-refractivity contribution in [1.29, 1.82) is 0 Å². The number of halogens is 4. The van der Waals surface area contributed by atoms with Crippen molar-refractivity contribution in [1.82, 2.24) is 4.98 Å². The molecule has 9 heteroatoms. The van der Waals surface area contributed by atoms with Crippen molar-refractivity contribution in [3.05, 3.63) is 65.7 Å². The molecule has 28 heavy (non-hydrogen) atoms. The summed E-state index contributed by atoms with van der Waals surface area (Å²) in [6, 6.07) is 16.4. The maximum absolute atomic E-state index is 12.8. The Bertz CT molecular complexity index is 1310. The van der Waals surface area contributed by atoms with Crippen LogP contribution in [0.5, 0.6) is 5.75 Å². The average molecular weight is 426 g/mol. The van der Waals surface area contributed by atoms with E-state index in [4.69, 9.17) is 11.6 Å². The Morgan fingerprint density at radius 3 is 2.39 bits per heavy atom. The van der Waals surface area contributed by atoms with Crippen molar-refractivity contribution in [3.8, 4) is 17.0 Å². The van der Waals surface area contributed by atoms with Crippen LogP contribution in [0.4, 0.5) is 13.2 Å². The molecule has 0 saturated carbocycles. The Balaban J connectivity index is 1.99. The molecule has 0 radical (unpaired) electrons. The van der Waals surface area contributed by atoms with E-state index < -0.39 is 21.4 Å². The highest BCUT2D eigenvalue weighted by atomic mass is 35.5. The van der Waals surface area contributed by atoms with E-state index in [1.807, 2.05) is 0 Å². The lowest BCUT2D eigenvalue weighted by Gasteiger charge is -2.14. The van der Waals surface area contributed by atoms with Crippen molar-refractivity contribution in [2.75, 3.05) is 0 Å². The fraction of sp³-hybridized carbons (Fsp3) is 0.0526. The molecule has 1 heterocycles. The first-order valence-corrected chi connectivity index (χ1v) is 9.75. The highest BCUT2D eigenvalue weighted by Gasteiger charge is 2.49. The highest BCUT2D eigenvalue weighted by Crippen LogP contribution is 2.40. The van der Waals surface area contributed by atoms with Crippen molar-refractivity contribution in [2.45, 2.75) is 5.51 Å². The number of hydrogen-bond donors (Lipinski definition) is 1. The van der Waals surface area contributed by atoms with Crippen molar-refractivity contribution in [2.24, 2.45) is 0 Å². The molecule has 0 aliphatic carbocycles. The normalized spacial score (nSPS) is 12.6. The summed E-state index contributed by atoms with van der Waals surface area (Å²) in [5.74, 6) is -0.423. The fourth-order valence-electron chi connectivity index (χ4n) is 3.00. The molecule has 144 valence electrons. The van der Waals surface area contributed by atoms with E-state index in [9.17, 15) is 21.6 Å². The van der Waals surface area contributed by atoms with Crippen molar-refractivity contribution in [3.63, 3.8) is 0 Å². The van der Waals surface area contributed by atoms with Crippen LogP contribution in [-0.2, 0) is 10.1 Å². The molecule has 4 aromatic rings. The number of benzene rings is 3. The molecule has 4 nitrogen and oxygen atoms in total. The average Bonchev–Trinajstić information content (AvgIpc) is 3.02. The van der Waals surface area contributed by atoms with Crippen LogP contribution in [-0.4, -0.2) is 18.9 Å². The van der Waals surface area contributed by atoms with Gasteiger partial charge in [0.15, 0.2) is 5.75 Å². The van der Waals surface area contributed by atoms with E-state index in [-0.39, 0.29) is 5.56 Å². The summed E-state index contributed by atoms with van der Waals surface area (Å²) in [5, 5.41) is 2.49. The van der Waals surface area contributed by atoms with Gasteiger partial charge in [0.1, 0.15) is 0 Å². The maximum Gasteiger partial charge on any atom is 0.534 e. The van der Waals surface area contributed by atoms with E-state index in [2.05, 4.69) is 9.17 Å². The minimum Gasteiger partial charge on any atom is -0.375 e. The van der Waals surface area contributed by atoms with E-state index in [0.717, 1.165) is 5.39 Å². The van der Waals surface area contributed by atoms with Crippen LogP contribution in [0, 0.1) is 0 Å². The molecular formula is C19H11ClF3NO3S. The van der Waals surface area contributed by atoms with Crippen LogP contribution in [0.25, 0.3) is 32.9 Å². The molecule has 0 amide bonds.